The van der Waals surface area contributed by atoms with Gasteiger partial charge in [0.2, 0.25) is 0 Å². The summed E-state index contributed by atoms with van der Waals surface area (Å²) >= 11 is 0. The molecule has 0 bridgehead atoms. The van der Waals surface area contributed by atoms with Crippen LogP contribution in [-0.2, 0) is 6.54 Å². The van der Waals surface area contributed by atoms with E-state index in [0.29, 0.717) is 11.6 Å². The van der Waals surface area contributed by atoms with Crippen LogP contribution in [0.3, 0.4) is 0 Å². The van der Waals surface area contributed by atoms with E-state index in [0.717, 1.165) is 23.3 Å². The monoisotopic (exact) mass is 353 g/mol. The summed E-state index contributed by atoms with van der Waals surface area (Å²) in [7, 11) is 0. The molecule has 0 aliphatic carbocycles. The highest BCUT2D eigenvalue weighted by atomic mass is 15.1. The Bertz CT molecular complexity index is 1300. The molecule has 0 unspecified atom stereocenters. The maximum atomic E-state index is 6.12. The van der Waals surface area contributed by atoms with Crippen LogP contribution >= 0.6 is 0 Å². The predicted octanol–water partition coefficient (Wildman–Crippen LogP) is 5.08. The van der Waals surface area contributed by atoms with Gasteiger partial charge in [0.15, 0.2) is 11.6 Å². The van der Waals surface area contributed by atoms with Crippen LogP contribution in [0.15, 0.2) is 66.7 Å². The summed E-state index contributed by atoms with van der Waals surface area (Å²) in [6.45, 7) is 3.10. The smallest absolute Gasteiger partial charge is 0.174 e. The van der Waals surface area contributed by atoms with Crippen molar-refractivity contribution in [1.82, 2.24) is 14.5 Å². The van der Waals surface area contributed by atoms with Crippen molar-refractivity contribution < 1.29 is 0 Å². The molecule has 0 amide bonds. The Hall–Kier alpha value is -3.60. The third-order valence-corrected chi connectivity index (χ3v) is 4.95. The van der Waals surface area contributed by atoms with Gasteiger partial charge in [-0.15, -0.1) is 0 Å². The number of fused-ring (bicyclic) bond motifs is 4. The van der Waals surface area contributed by atoms with Crippen LogP contribution in [0.2, 0.25) is 0 Å². The lowest BCUT2D eigenvalue weighted by Crippen LogP contribution is -2.02. The largest absolute Gasteiger partial charge is 0.381 e. The highest BCUT2D eigenvalue weighted by Gasteiger charge is 2.11. The Kier molecular flexibility index (Phi) is 3.47. The third-order valence-electron chi connectivity index (χ3n) is 4.95. The van der Waals surface area contributed by atoms with Gasteiger partial charge in [0, 0.05) is 34.0 Å². The topological polar surface area (TPSA) is 68.8 Å². The highest BCUT2D eigenvalue weighted by molar-refractivity contribution is 6.09. The molecule has 5 rings (SSSR count). The molecule has 0 saturated carbocycles. The molecule has 132 valence electrons. The van der Waals surface area contributed by atoms with Crippen LogP contribution in [0.25, 0.3) is 32.8 Å². The van der Waals surface area contributed by atoms with E-state index in [-0.39, 0.29) is 0 Å². The third kappa shape index (κ3) is 2.47. The van der Waals surface area contributed by atoms with Gasteiger partial charge in [0.05, 0.1) is 11.0 Å². The minimum atomic E-state index is 0.393. The number of nitrogens with one attached hydrogen (secondary N) is 1. The fraction of sp³-hybridized carbons (Fsp3) is 0.0909. The molecule has 3 aromatic carbocycles. The van der Waals surface area contributed by atoms with E-state index in [4.69, 9.17) is 5.73 Å². The molecular formula is C22H19N5. The summed E-state index contributed by atoms with van der Waals surface area (Å²) in [4.78, 5) is 9.08. The molecule has 27 heavy (non-hydrogen) atoms. The number of aryl methyl sites for hydroxylation is 1. The average Bonchev–Trinajstić information content (AvgIpc) is 3.02. The van der Waals surface area contributed by atoms with Gasteiger partial charge in [0.25, 0.3) is 0 Å². The molecule has 0 atom stereocenters. The minimum absolute atomic E-state index is 0.393. The fourth-order valence-corrected chi connectivity index (χ4v) is 3.71. The van der Waals surface area contributed by atoms with Crippen molar-refractivity contribution in [3.63, 3.8) is 0 Å². The maximum Gasteiger partial charge on any atom is 0.174 e. The molecule has 0 radical (unpaired) electrons. The molecule has 0 saturated heterocycles. The van der Waals surface area contributed by atoms with E-state index < -0.39 is 0 Å². The summed E-state index contributed by atoms with van der Waals surface area (Å²) in [5.74, 6) is 0.970. The lowest BCUT2D eigenvalue weighted by Gasteiger charge is -2.10. The van der Waals surface area contributed by atoms with Gasteiger partial charge in [-0.1, -0.05) is 30.3 Å². The van der Waals surface area contributed by atoms with Crippen LogP contribution in [-0.4, -0.2) is 14.5 Å². The molecule has 2 aromatic heterocycles. The second kappa shape index (κ2) is 5.99. The van der Waals surface area contributed by atoms with Crippen molar-refractivity contribution in [2.75, 3.05) is 11.1 Å². The van der Waals surface area contributed by atoms with Crippen molar-refractivity contribution in [2.45, 2.75) is 13.5 Å². The van der Waals surface area contributed by atoms with Crippen molar-refractivity contribution in [3.05, 3.63) is 66.7 Å². The molecule has 3 N–H and O–H groups in total. The lowest BCUT2D eigenvalue weighted by atomic mass is 10.1. The first-order valence-corrected chi connectivity index (χ1v) is 9.05. The van der Waals surface area contributed by atoms with Gasteiger partial charge in [-0.3, -0.25) is 0 Å². The molecule has 2 heterocycles. The molecule has 0 aliphatic heterocycles. The van der Waals surface area contributed by atoms with E-state index in [9.17, 15) is 0 Å². The summed E-state index contributed by atoms with van der Waals surface area (Å²) in [5.41, 5.74) is 11.1. The molecule has 0 fully saturated rings. The zero-order valence-corrected chi connectivity index (χ0v) is 15.0. The number of aromatic nitrogens is 3. The van der Waals surface area contributed by atoms with Crippen molar-refractivity contribution in [3.8, 4) is 0 Å². The van der Waals surface area contributed by atoms with Crippen molar-refractivity contribution >= 4 is 50.2 Å². The Morgan fingerprint density at radius 3 is 2.37 bits per heavy atom. The van der Waals surface area contributed by atoms with Gasteiger partial charge in [-0.2, -0.15) is 0 Å². The number of hydrogen-bond acceptors (Lipinski definition) is 4. The molecule has 5 nitrogen and oxygen atoms in total. The zero-order valence-electron chi connectivity index (χ0n) is 15.0. The van der Waals surface area contributed by atoms with E-state index in [1.807, 2.05) is 24.3 Å². The van der Waals surface area contributed by atoms with Crippen molar-refractivity contribution in [2.24, 2.45) is 0 Å². The first-order chi connectivity index (χ1) is 13.2. The molecule has 0 spiro atoms. The number of nitrogen functional groups attached to an aromatic ring is 1. The SMILES string of the molecule is CCn1c2ccccc2c2cc(Nc3nc4ccccc4nc3N)ccc21. The number of benzene rings is 3. The van der Waals surface area contributed by atoms with Crippen LogP contribution in [0, 0.1) is 0 Å². The number of anilines is 3. The second-order valence-electron chi connectivity index (χ2n) is 6.56. The van der Waals surface area contributed by atoms with E-state index >= 15 is 0 Å². The number of nitrogens with zero attached hydrogens (tertiary/aromatic N) is 3. The Balaban J connectivity index is 1.64. The number of rotatable bonds is 3. The quantitative estimate of drug-likeness (QED) is 0.474. The van der Waals surface area contributed by atoms with E-state index in [1.165, 1.54) is 21.8 Å². The van der Waals surface area contributed by atoms with Gasteiger partial charge in [-0.25, -0.2) is 9.97 Å². The van der Waals surface area contributed by atoms with E-state index in [1.54, 1.807) is 0 Å². The number of para-hydroxylation sites is 3. The van der Waals surface area contributed by atoms with Gasteiger partial charge < -0.3 is 15.6 Å². The first-order valence-electron chi connectivity index (χ1n) is 9.05. The molecule has 5 heteroatoms. The van der Waals surface area contributed by atoms with Crippen LogP contribution < -0.4 is 11.1 Å². The lowest BCUT2D eigenvalue weighted by molar-refractivity contribution is 0.827. The van der Waals surface area contributed by atoms with Crippen molar-refractivity contribution in [1.29, 1.82) is 0 Å². The van der Waals surface area contributed by atoms with E-state index in [2.05, 4.69) is 69.2 Å². The Morgan fingerprint density at radius 1 is 0.852 bits per heavy atom. The summed E-state index contributed by atoms with van der Waals surface area (Å²) in [6.07, 6.45) is 0. The Labute approximate surface area is 156 Å². The molecule has 0 aliphatic rings. The normalized spacial score (nSPS) is 11.4. The summed E-state index contributed by atoms with van der Waals surface area (Å²) < 4.78 is 2.33. The number of hydrogen-bond donors (Lipinski definition) is 2. The second-order valence-corrected chi connectivity index (χ2v) is 6.56. The summed E-state index contributed by atoms with van der Waals surface area (Å²) in [5, 5.41) is 5.80. The highest BCUT2D eigenvalue weighted by Crippen LogP contribution is 2.32. The van der Waals surface area contributed by atoms with Gasteiger partial charge in [-0.05, 0) is 43.3 Å². The van der Waals surface area contributed by atoms with Gasteiger partial charge >= 0.3 is 0 Å². The fourth-order valence-electron chi connectivity index (χ4n) is 3.71. The Morgan fingerprint density at radius 2 is 1.56 bits per heavy atom. The van der Waals surface area contributed by atoms with Gasteiger partial charge in [0.1, 0.15) is 0 Å². The first kappa shape index (κ1) is 15.6. The zero-order chi connectivity index (χ0) is 18.4. The maximum absolute atomic E-state index is 6.12. The predicted molar refractivity (Wildman–Crippen MR) is 112 cm³/mol. The van der Waals surface area contributed by atoms with Crippen LogP contribution in [0.4, 0.5) is 17.3 Å². The minimum Gasteiger partial charge on any atom is -0.381 e. The molecule has 5 aromatic rings. The summed E-state index contributed by atoms with van der Waals surface area (Å²) in [6, 6.07) is 22.6. The van der Waals surface area contributed by atoms with Crippen LogP contribution in [0.1, 0.15) is 6.92 Å². The average molecular weight is 353 g/mol. The standard InChI is InChI=1S/C22H19N5/c1-2-27-19-10-6-3-7-15(19)16-13-14(11-12-20(16)27)24-22-21(23)25-17-8-4-5-9-18(17)26-22/h3-13H,2H2,1H3,(H2,23,25)(H,24,26). The molecular weight excluding hydrogens is 334 g/mol. The number of nitrogens with two attached hydrogens (primary N) is 1. The van der Waals surface area contributed by atoms with Crippen LogP contribution in [0.5, 0.6) is 0 Å².